The fourth-order valence-corrected chi connectivity index (χ4v) is 4.37. The smallest absolute Gasteiger partial charge is 0.0884 e. The SMILES string of the molecule is CCC(C)CC(O)c1cc2c(s1)CCSC2. The first-order valence-electron chi connectivity index (χ1n) is 6.08. The Morgan fingerprint density at radius 3 is 3.00 bits per heavy atom. The predicted molar refractivity (Wildman–Crippen MR) is 73.2 cm³/mol. The molecule has 2 atom stereocenters. The summed E-state index contributed by atoms with van der Waals surface area (Å²) in [5.74, 6) is 3.00. The second-order valence-electron chi connectivity index (χ2n) is 4.66. The first-order valence-corrected chi connectivity index (χ1v) is 8.05. The molecule has 2 rings (SSSR count). The minimum atomic E-state index is -0.240. The van der Waals surface area contributed by atoms with Crippen LogP contribution < -0.4 is 0 Å². The van der Waals surface area contributed by atoms with Crippen molar-refractivity contribution in [2.24, 2.45) is 5.92 Å². The van der Waals surface area contributed by atoms with E-state index >= 15 is 0 Å². The summed E-state index contributed by atoms with van der Waals surface area (Å²) in [7, 11) is 0. The Morgan fingerprint density at radius 1 is 1.50 bits per heavy atom. The normalized spacial score (nSPS) is 19.2. The summed E-state index contributed by atoms with van der Waals surface area (Å²) in [6.07, 6.45) is 3.01. The number of aliphatic hydroxyl groups excluding tert-OH is 1. The second kappa shape index (κ2) is 5.56. The number of thiophene rings is 1. The summed E-state index contributed by atoms with van der Waals surface area (Å²) in [5.41, 5.74) is 1.47. The van der Waals surface area contributed by atoms with Gasteiger partial charge in [-0.15, -0.1) is 11.3 Å². The third-order valence-electron chi connectivity index (χ3n) is 3.30. The van der Waals surface area contributed by atoms with E-state index in [0.29, 0.717) is 5.92 Å². The summed E-state index contributed by atoms with van der Waals surface area (Å²) in [5, 5.41) is 10.2. The molecule has 2 unspecified atom stereocenters. The van der Waals surface area contributed by atoms with Crippen molar-refractivity contribution in [1.29, 1.82) is 0 Å². The molecule has 1 aromatic heterocycles. The van der Waals surface area contributed by atoms with Crippen LogP contribution in [-0.4, -0.2) is 10.9 Å². The number of hydrogen-bond donors (Lipinski definition) is 1. The zero-order chi connectivity index (χ0) is 11.5. The molecule has 0 spiro atoms. The Bertz CT molecular complexity index is 322. The van der Waals surface area contributed by atoms with Crippen LogP contribution >= 0.6 is 23.1 Å². The van der Waals surface area contributed by atoms with Gasteiger partial charge in [-0.1, -0.05) is 20.3 Å². The van der Waals surface area contributed by atoms with Crippen molar-refractivity contribution in [3.63, 3.8) is 0 Å². The third-order valence-corrected chi connectivity index (χ3v) is 5.64. The lowest BCUT2D eigenvalue weighted by Crippen LogP contribution is -2.01. The molecule has 3 heteroatoms. The Balaban J connectivity index is 2.05. The molecule has 90 valence electrons. The first kappa shape index (κ1) is 12.5. The lowest BCUT2D eigenvalue weighted by molar-refractivity contribution is 0.150. The number of aliphatic hydroxyl groups is 1. The number of fused-ring (bicyclic) bond motifs is 1. The van der Waals surface area contributed by atoms with Crippen LogP contribution in [0.4, 0.5) is 0 Å². The van der Waals surface area contributed by atoms with Crippen LogP contribution in [0.1, 0.15) is 48.1 Å². The molecule has 1 aliphatic heterocycles. The Morgan fingerprint density at radius 2 is 2.31 bits per heavy atom. The van der Waals surface area contributed by atoms with E-state index in [1.165, 1.54) is 27.5 Å². The van der Waals surface area contributed by atoms with Gasteiger partial charge in [0.1, 0.15) is 0 Å². The largest absolute Gasteiger partial charge is 0.388 e. The summed E-state index contributed by atoms with van der Waals surface area (Å²) in [4.78, 5) is 2.70. The molecule has 1 nitrogen and oxygen atoms in total. The highest BCUT2D eigenvalue weighted by molar-refractivity contribution is 7.98. The predicted octanol–water partition coefficient (Wildman–Crippen LogP) is 4.01. The Kier molecular flexibility index (Phi) is 4.34. The van der Waals surface area contributed by atoms with Gasteiger partial charge < -0.3 is 5.11 Å². The molecule has 0 fully saturated rings. The number of thioether (sulfide) groups is 1. The van der Waals surface area contributed by atoms with Gasteiger partial charge in [-0.3, -0.25) is 0 Å². The van der Waals surface area contributed by atoms with Crippen LogP contribution in [0.25, 0.3) is 0 Å². The first-order chi connectivity index (χ1) is 7.70. The topological polar surface area (TPSA) is 20.2 Å². The van der Waals surface area contributed by atoms with E-state index < -0.39 is 0 Å². The van der Waals surface area contributed by atoms with Gasteiger partial charge in [0.05, 0.1) is 6.10 Å². The molecule has 1 N–H and O–H groups in total. The molecular weight excluding hydrogens is 236 g/mol. The highest BCUT2D eigenvalue weighted by Crippen LogP contribution is 2.36. The minimum absolute atomic E-state index is 0.240. The lowest BCUT2D eigenvalue weighted by Gasteiger charge is -2.13. The summed E-state index contributed by atoms with van der Waals surface area (Å²) < 4.78 is 0. The fraction of sp³-hybridized carbons (Fsp3) is 0.692. The van der Waals surface area contributed by atoms with Crippen molar-refractivity contribution < 1.29 is 5.11 Å². The van der Waals surface area contributed by atoms with Crippen molar-refractivity contribution in [3.8, 4) is 0 Å². The molecule has 0 bridgehead atoms. The monoisotopic (exact) mass is 256 g/mol. The van der Waals surface area contributed by atoms with Crippen molar-refractivity contribution in [1.82, 2.24) is 0 Å². The zero-order valence-electron chi connectivity index (χ0n) is 10.0. The standard InChI is InChI=1S/C13H20OS2/c1-3-9(2)6-11(14)13-7-10-8-15-5-4-12(10)16-13/h7,9,11,14H,3-6,8H2,1-2H3. The molecule has 2 heterocycles. The highest BCUT2D eigenvalue weighted by Gasteiger charge is 2.18. The van der Waals surface area contributed by atoms with E-state index in [4.69, 9.17) is 0 Å². The molecular formula is C13H20OS2. The van der Waals surface area contributed by atoms with Crippen molar-refractivity contribution in [3.05, 3.63) is 21.4 Å². The average molecular weight is 256 g/mol. The summed E-state index contributed by atoms with van der Waals surface area (Å²) in [6, 6.07) is 2.24. The number of rotatable bonds is 4. The van der Waals surface area contributed by atoms with Gasteiger partial charge in [0.25, 0.3) is 0 Å². The maximum absolute atomic E-state index is 10.2. The molecule has 0 saturated carbocycles. The second-order valence-corrected chi connectivity index (χ2v) is 6.94. The van der Waals surface area contributed by atoms with E-state index in [-0.39, 0.29) is 6.10 Å². The van der Waals surface area contributed by atoms with Crippen LogP contribution in [0.2, 0.25) is 0 Å². The molecule has 0 amide bonds. The minimum Gasteiger partial charge on any atom is -0.388 e. The fourth-order valence-electron chi connectivity index (χ4n) is 2.00. The molecule has 0 radical (unpaired) electrons. The quantitative estimate of drug-likeness (QED) is 0.878. The molecule has 0 aromatic carbocycles. The van der Waals surface area contributed by atoms with E-state index in [9.17, 15) is 5.11 Å². The average Bonchev–Trinajstić information content (AvgIpc) is 2.72. The van der Waals surface area contributed by atoms with Gasteiger partial charge in [-0.05, 0) is 36.1 Å². The molecule has 16 heavy (non-hydrogen) atoms. The van der Waals surface area contributed by atoms with E-state index in [1.807, 2.05) is 23.1 Å². The Hall–Kier alpha value is 0.01000. The van der Waals surface area contributed by atoms with Crippen LogP contribution in [-0.2, 0) is 12.2 Å². The third kappa shape index (κ3) is 2.82. The van der Waals surface area contributed by atoms with Crippen molar-refractivity contribution >= 4 is 23.1 Å². The Labute approximate surface area is 106 Å². The molecule has 1 aromatic rings. The maximum atomic E-state index is 10.2. The summed E-state index contributed by atoms with van der Waals surface area (Å²) >= 11 is 3.84. The maximum Gasteiger partial charge on any atom is 0.0884 e. The van der Waals surface area contributed by atoms with Crippen LogP contribution in [0.3, 0.4) is 0 Å². The van der Waals surface area contributed by atoms with Gasteiger partial charge >= 0.3 is 0 Å². The van der Waals surface area contributed by atoms with E-state index in [2.05, 4.69) is 19.9 Å². The molecule has 0 saturated heterocycles. The lowest BCUT2D eigenvalue weighted by atomic mass is 10.00. The van der Waals surface area contributed by atoms with E-state index in [1.54, 1.807) is 0 Å². The number of hydrogen-bond acceptors (Lipinski definition) is 3. The van der Waals surface area contributed by atoms with Crippen molar-refractivity contribution in [2.75, 3.05) is 5.75 Å². The van der Waals surface area contributed by atoms with Gasteiger partial charge in [0.15, 0.2) is 0 Å². The highest BCUT2D eigenvalue weighted by atomic mass is 32.2. The van der Waals surface area contributed by atoms with Crippen LogP contribution in [0.15, 0.2) is 6.07 Å². The number of aryl methyl sites for hydroxylation is 1. The molecule has 1 aliphatic rings. The van der Waals surface area contributed by atoms with Gasteiger partial charge in [-0.25, -0.2) is 0 Å². The van der Waals surface area contributed by atoms with Crippen LogP contribution in [0, 0.1) is 5.92 Å². The van der Waals surface area contributed by atoms with Gasteiger partial charge in [0.2, 0.25) is 0 Å². The van der Waals surface area contributed by atoms with Crippen LogP contribution in [0.5, 0.6) is 0 Å². The molecule has 0 aliphatic carbocycles. The van der Waals surface area contributed by atoms with E-state index in [0.717, 1.165) is 18.6 Å². The van der Waals surface area contributed by atoms with Gasteiger partial charge in [-0.2, -0.15) is 11.8 Å². The van der Waals surface area contributed by atoms with Crippen molar-refractivity contribution in [2.45, 2.75) is 45.0 Å². The van der Waals surface area contributed by atoms with Gasteiger partial charge in [0, 0.05) is 15.5 Å². The summed E-state index contributed by atoms with van der Waals surface area (Å²) in [6.45, 7) is 4.40. The zero-order valence-corrected chi connectivity index (χ0v) is 11.7.